The van der Waals surface area contributed by atoms with E-state index in [1.54, 1.807) is 12.1 Å². The van der Waals surface area contributed by atoms with Gasteiger partial charge in [-0.15, -0.1) is 4.83 Å². The number of carbonyl (C=O) groups excluding carboxylic acids is 2. The lowest BCUT2D eigenvalue weighted by atomic mass is 10.1. The monoisotopic (exact) mass is 240 g/mol. The minimum absolute atomic E-state index is 0.198. The standard InChI is InChI=1S/C9H8N2O4S/c1-16(14,15)10-11-8(12)6-4-2-3-5-7(6)9(11)13/h2-5,10H,1H3. The predicted molar refractivity (Wildman–Crippen MR) is 54.9 cm³/mol. The van der Waals surface area contributed by atoms with E-state index in [0.29, 0.717) is 5.01 Å². The highest BCUT2D eigenvalue weighted by Crippen LogP contribution is 2.20. The van der Waals surface area contributed by atoms with Crippen LogP contribution < -0.4 is 4.83 Å². The molecule has 1 N–H and O–H groups in total. The molecule has 0 atom stereocenters. The fourth-order valence-electron chi connectivity index (χ4n) is 1.44. The summed E-state index contributed by atoms with van der Waals surface area (Å²) in [6.45, 7) is 0. The van der Waals surface area contributed by atoms with Gasteiger partial charge in [-0.2, -0.15) is 5.01 Å². The van der Waals surface area contributed by atoms with Gasteiger partial charge in [0, 0.05) is 0 Å². The van der Waals surface area contributed by atoms with Crippen LogP contribution in [0.4, 0.5) is 0 Å². The Morgan fingerprint density at radius 2 is 1.50 bits per heavy atom. The van der Waals surface area contributed by atoms with Crippen molar-refractivity contribution >= 4 is 21.8 Å². The second-order valence-electron chi connectivity index (χ2n) is 3.35. The zero-order chi connectivity index (χ0) is 11.9. The Morgan fingerprint density at radius 3 is 1.88 bits per heavy atom. The Labute approximate surface area is 91.9 Å². The number of hydrogen-bond donors (Lipinski definition) is 1. The highest BCUT2D eigenvalue weighted by atomic mass is 32.2. The Hall–Kier alpha value is -1.73. The number of nitrogens with zero attached hydrogens (tertiary/aromatic N) is 1. The van der Waals surface area contributed by atoms with E-state index >= 15 is 0 Å². The summed E-state index contributed by atoms with van der Waals surface area (Å²) in [7, 11) is -3.66. The van der Waals surface area contributed by atoms with E-state index in [4.69, 9.17) is 0 Å². The first-order chi connectivity index (χ1) is 7.40. The van der Waals surface area contributed by atoms with Crippen molar-refractivity contribution in [3.8, 4) is 0 Å². The third-order valence-electron chi connectivity index (χ3n) is 2.05. The van der Waals surface area contributed by atoms with Crippen molar-refractivity contribution < 1.29 is 18.0 Å². The maximum Gasteiger partial charge on any atom is 0.277 e. The summed E-state index contributed by atoms with van der Waals surface area (Å²) < 4.78 is 21.9. The molecule has 0 bridgehead atoms. The van der Waals surface area contributed by atoms with E-state index in [9.17, 15) is 18.0 Å². The van der Waals surface area contributed by atoms with Crippen molar-refractivity contribution in [1.29, 1.82) is 0 Å². The summed E-state index contributed by atoms with van der Waals surface area (Å²) in [5, 5.41) is 0.500. The fourth-order valence-corrected chi connectivity index (χ4v) is 1.94. The molecule has 1 heterocycles. The minimum Gasteiger partial charge on any atom is -0.267 e. The first-order valence-electron chi connectivity index (χ1n) is 4.35. The second-order valence-corrected chi connectivity index (χ2v) is 5.08. The molecule has 2 rings (SSSR count). The number of benzene rings is 1. The van der Waals surface area contributed by atoms with Gasteiger partial charge in [0.25, 0.3) is 11.8 Å². The summed E-state index contributed by atoms with van der Waals surface area (Å²) in [5.74, 6) is -1.32. The van der Waals surface area contributed by atoms with Gasteiger partial charge in [0.05, 0.1) is 17.4 Å². The number of rotatable bonds is 2. The lowest BCUT2D eigenvalue weighted by molar-refractivity contribution is 0.0618. The predicted octanol–water partition coefficient (Wildman–Crippen LogP) is -0.253. The molecule has 2 amide bonds. The normalized spacial score (nSPS) is 15.4. The van der Waals surface area contributed by atoms with Crippen LogP contribution in [0.5, 0.6) is 0 Å². The molecule has 1 aromatic rings. The van der Waals surface area contributed by atoms with Gasteiger partial charge >= 0.3 is 0 Å². The van der Waals surface area contributed by atoms with Gasteiger partial charge in [-0.25, -0.2) is 8.42 Å². The summed E-state index contributed by atoms with van der Waals surface area (Å²) >= 11 is 0. The fraction of sp³-hybridized carbons (Fsp3) is 0.111. The number of hydrogen-bond acceptors (Lipinski definition) is 4. The van der Waals surface area contributed by atoms with Gasteiger partial charge in [-0.3, -0.25) is 9.59 Å². The molecule has 1 aliphatic heterocycles. The molecule has 6 nitrogen and oxygen atoms in total. The van der Waals surface area contributed by atoms with Crippen LogP contribution in [0.2, 0.25) is 0 Å². The molecular weight excluding hydrogens is 232 g/mol. The maximum atomic E-state index is 11.7. The largest absolute Gasteiger partial charge is 0.277 e. The van der Waals surface area contributed by atoms with Crippen LogP contribution in [0.3, 0.4) is 0 Å². The number of sulfonamides is 1. The van der Waals surface area contributed by atoms with E-state index < -0.39 is 21.8 Å². The molecular formula is C9H8N2O4S. The van der Waals surface area contributed by atoms with Crippen LogP contribution in [0.25, 0.3) is 0 Å². The lowest BCUT2D eigenvalue weighted by Crippen LogP contribution is -2.45. The SMILES string of the molecule is CS(=O)(=O)NN1C(=O)c2ccccc2C1=O. The van der Waals surface area contributed by atoms with Crippen molar-refractivity contribution in [2.45, 2.75) is 0 Å². The average molecular weight is 240 g/mol. The molecule has 16 heavy (non-hydrogen) atoms. The van der Waals surface area contributed by atoms with Gasteiger partial charge in [0.1, 0.15) is 0 Å². The summed E-state index contributed by atoms with van der Waals surface area (Å²) in [4.78, 5) is 25.2. The highest BCUT2D eigenvalue weighted by Gasteiger charge is 2.36. The van der Waals surface area contributed by atoms with Crippen LogP contribution in [-0.2, 0) is 10.0 Å². The first-order valence-corrected chi connectivity index (χ1v) is 6.24. The molecule has 0 fully saturated rings. The Kier molecular flexibility index (Phi) is 2.28. The van der Waals surface area contributed by atoms with E-state index in [-0.39, 0.29) is 11.1 Å². The quantitative estimate of drug-likeness (QED) is 0.722. The summed E-state index contributed by atoms with van der Waals surface area (Å²) in [6.07, 6.45) is 0.872. The van der Waals surface area contributed by atoms with Crippen molar-refractivity contribution in [2.24, 2.45) is 0 Å². The Morgan fingerprint density at radius 1 is 1.06 bits per heavy atom. The molecule has 0 saturated carbocycles. The van der Waals surface area contributed by atoms with Crippen LogP contribution in [0.15, 0.2) is 24.3 Å². The third kappa shape index (κ3) is 1.70. The first kappa shape index (κ1) is 10.8. The van der Waals surface area contributed by atoms with Crippen molar-refractivity contribution in [2.75, 3.05) is 6.26 Å². The summed E-state index contributed by atoms with van der Waals surface area (Å²) in [6, 6.07) is 6.15. The molecule has 0 spiro atoms. The number of fused-ring (bicyclic) bond motifs is 1. The van der Waals surface area contributed by atoms with Gasteiger partial charge < -0.3 is 0 Å². The second kappa shape index (κ2) is 3.39. The number of hydrazine groups is 1. The molecule has 1 aliphatic rings. The topological polar surface area (TPSA) is 83.6 Å². The molecule has 0 saturated heterocycles. The lowest BCUT2D eigenvalue weighted by Gasteiger charge is -2.12. The molecule has 1 aromatic carbocycles. The minimum atomic E-state index is -3.66. The molecule has 84 valence electrons. The van der Waals surface area contributed by atoms with E-state index in [0.717, 1.165) is 6.26 Å². The van der Waals surface area contributed by atoms with Gasteiger partial charge in [-0.05, 0) is 12.1 Å². The molecule has 7 heteroatoms. The smallest absolute Gasteiger partial charge is 0.267 e. The average Bonchev–Trinajstić information content (AvgIpc) is 2.43. The van der Waals surface area contributed by atoms with Crippen LogP contribution in [-0.4, -0.2) is 31.5 Å². The van der Waals surface area contributed by atoms with E-state index in [2.05, 4.69) is 0 Å². The van der Waals surface area contributed by atoms with Crippen molar-refractivity contribution in [3.63, 3.8) is 0 Å². The van der Waals surface area contributed by atoms with Crippen LogP contribution in [0, 0.1) is 0 Å². The van der Waals surface area contributed by atoms with Crippen LogP contribution >= 0.6 is 0 Å². The number of imide groups is 1. The third-order valence-corrected chi connectivity index (χ3v) is 2.57. The van der Waals surface area contributed by atoms with E-state index in [1.807, 2.05) is 4.83 Å². The summed E-state index contributed by atoms with van der Waals surface area (Å²) in [5.41, 5.74) is 0.396. The molecule has 0 radical (unpaired) electrons. The van der Waals surface area contributed by atoms with Gasteiger partial charge in [0.2, 0.25) is 10.0 Å². The Balaban J connectivity index is 2.43. The van der Waals surface area contributed by atoms with Gasteiger partial charge in [0.15, 0.2) is 0 Å². The number of carbonyl (C=O) groups is 2. The highest BCUT2D eigenvalue weighted by molar-refractivity contribution is 7.88. The maximum absolute atomic E-state index is 11.7. The zero-order valence-electron chi connectivity index (χ0n) is 8.30. The number of nitrogens with one attached hydrogen (secondary N) is 1. The van der Waals surface area contributed by atoms with Crippen molar-refractivity contribution in [3.05, 3.63) is 35.4 Å². The zero-order valence-corrected chi connectivity index (χ0v) is 9.11. The van der Waals surface area contributed by atoms with E-state index in [1.165, 1.54) is 12.1 Å². The van der Waals surface area contributed by atoms with Crippen LogP contribution in [0.1, 0.15) is 20.7 Å². The molecule has 0 aliphatic carbocycles. The molecule has 0 aromatic heterocycles. The van der Waals surface area contributed by atoms with Crippen molar-refractivity contribution in [1.82, 2.24) is 9.84 Å². The molecule has 0 unspecified atom stereocenters. The van der Waals surface area contributed by atoms with Gasteiger partial charge in [-0.1, -0.05) is 12.1 Å². The Bertz CT molecular complexity index is 544. The number of amides is 2.